The van der Waals surface area contributed by atoms with E-state index in [2.05, 4.69) is 15.4 Å². The van der Waals surface area contributed by atoms with Crippen LogP contribution < -0.4 is 10.4 Å². The topological polar surface area (TPSA) is 91.1 Å². The van der Waals surface area contributed by atoms with Gasteiger partial charge in [-0.25, -0.2) is 15.2 Å². The lowest BCUT2D eigenvalue weighted by atomic mass is 10.2. The molecular formula is C14H18Cl3N5O2. The van der Waals surface area contributed by atoms with E-state index >= 15 is 0 Å². The van der Waals surface area contributed by atoms with Crippen molar-refractivity contribution in [2.24, 2.45) is 5.92 Å². The van der Waals surface area contributed by atoms with Gasteiger partial charge < -0.3 is 4.74 Å². The molecule has 1 rings (SSSR count). The summed E-state index contributed by atoms with van der Waals surface area (Å²) in [6.45, 7) is 7.29. The number of hydrogen-bond acceptors (Lipinski definition) is 6. The Hall–Kier alpha value is -1.49. The third-order valence-electron chi connectivity index (χ3n) is 2.82. The molecule has 0 aromatic carbocycles. The van der Waals surface area contributed by atoms with E-state index in [-0.39, 0.29) is 11.7 Å². The van der Waals surface area contributed by atoms with E-state index < -0.39 is 15.5 Å². The molecule has 0 radical (unpaired) electrons. The van der Waals surface area contributed by atoms with E-state index in [1.165, 1.54) is 25.1 Å². The number of halogens is 3. The number of anilines is 1. The average Bonchev–Trinajstić information content (AvgIpc) is 2.44. The van der Waals surface area contributed by atoms with Crippen LogP contribution in [-0.2, 0) is 4.74 Å². The van der Waals surface area contributed by atoms with Crippen molar-refractivity contribution in [3.63, 3.8) is 0 Å². The second kappa shape index (κ2) is 8.06. The van der Waals surface area contributed by atoms with Gasteiger partial charge in [0, 0.05) is 18.8 Å². The lowest BCUT2D eigenvalue weighted by Crippen LogP contribution is -2.50. The quantitative estimate of drug-likeness (QED) is 0.606. The number of hydrazine groups is 1. The monoisotopic (exact) mass is 393 g/mol. The number of hydrogen-bond donors (Lipinski definition) is 1. The fraction of sp³-hybridized carbons (Fsp3) is 0.571. The molecule has 0 fully saturated rings. The number of carbonyl (C=O) groups excluding carboxylic acids is 1. The molecule has 0 aliphatic rings. The zero-order valence-electron chi connectivity index (χ0n) is 13.7. The van der Waals surface area contributed by atoms with Crippen molar-refractivity contribution >= 4 is 46.7 Å². The van der Waals surface area contributed by atoms with Gasteiger partial charge in [-0.1, -0.05) is 48.7 Å². The highest BCUT2D eigenvalue weighted by molar-refractivity contribution is 6.68. The number of nitrogens with one attached hydrogen (secondary N) is 1. The van der Waals surface area contributed by atoms with Gasteiger partial charge >= 0.3 is 6.09 Å². The van der Waals surface area contributed by atoms with E-state index in [1.807, 2.05) is 19.9 Å². The number of aromatic nitrogens is 2. The molecule has 1 aromatic rings. The first-order valence-electron chi connectivity index (χ1n) is 7.03. The van der Waals surface area contributed by atoms with Gasteiger partial charge in [0.1, 0.15) is 6.07 Å². The van der Waals surface area contributed by atoms with E-state index in [9.17, 15) is 4.79 Å². The highest BCUT2D eigenvalue weighted by Gasteiger charge is 2.44. The molecule has 0 bridgehead atoms. The molecule has 132 valence electrons. The zero-order chi connectivity index (χ0) is 18.5. The number of amides is 1. The minimum absolute atomic E-state index is 0.0157. The SMILES string of the molecule is CC(C)CN(NC(=O)OC(C)(C)C(Cl)(Cl)Cl)c1ccnc(C#N)n1. The van der Waals surface area contributed by atoms with E-state index in [0.29, 0.717) is 12.4 Å². The molecule has 7 nitrogen and oxygen atoms in total. The van der Waals surface area contributed by atoms with Gasteiger partial charge in [-0.15, -0.1) is 0 Å². The van der Waals surface area contributed by atoms with Gasteiger partial charge in [0.25, 0.3) is 0 Å². The van der Waals surface area contributed by atoms with Crippen molar-refractivity contribution in [1.29, 1.82) is 5.26 Å². The molecule has 0 unspecified atom stereocenters. The van der Waals surface area contributed by atoms with Crippen LogP contribution in [0.15, 0.2) is 12.3 Å². The molecule has 1 amide bonds. The van der Waals surface area contributed by atoms with E-state index in [1.54, 1.807) is 6.07 Å². The summed E-state index contributed by atoms with van der Waals surface area (Å²) in [7, 11) is 0. The maximum Gasteiger partial charge on any atom is 0.426 e. The van der Waals surface area contributed by atoms with Crippen LogP contribution >= 0.6 is 34.8 Å². The van der Waals surface area contributed by atoms with Gasteiger partial charge in [-0.2, -0.15) is 10.2 Å². The third-order valence-corrected chi connectivity index (χ3v) is 4.19. The summed E-state index contributed by atoms with van der Waals surface area (Å²) in [5, 5.41) is 10.3. The number of carbonyl (C=O) groups is 1. The minimum atomic E-state index is -1.80. The van der Waals surface area contributed by atoms with Crippen LogP contribution in [0.1, 0.15) is 33.5 Å². The molecule has 0 saturated carbocycles. The summed E-state index contributed by atoms with van der Waals surface area (Å²) in [4.78, 5) is 20.0. The molecule has 24 heavy (non-hydrogen) atoms. The Morgan fingerprint density at radius 1 is 1.46 bits per heavy atom. The number of nitriles is 1. The lowest BCUT2D eigenvalue weighted by molar-refractivity contribution is 0.0409. The highest BCUT2D eigenvalue weighted by Crippen LogP contribution is 2.40. The first-order chi connectivity index (χ1) is 11.0. The molecule has 1 heterocycles. The summed E-state index contributed by atoms with van der Waals surface area (Å²) in [5.74, 6) is 0.518. The van der Waals surface area contributed by atoms with Crippen LogP contribution in [0, 0.1) is 17.2 Å². The van der Waals surface area contributed by atoms with E-state index in [0.717, 1.165) is 0 Å². The Kier molecular flexibility index (Phi) is 6.90. The predicted octanol–water partition coefficient (Wildman–Crippen LogP) is 3.60. The maximum atomic E-state index is 12.2. The molecule has 0 atom stereocenters. The van der Waals surface area contributed by atoms with Crippen molar-refractivity contribution in [2.75, 3.05) is 11.6 Å². The van der Waals surface area contributed by atoms with Crippen LogP contribution in [0.2, 0.25) is 0 Å². The Balaban J connectivity index is 2.94. The molecule has 0 saturated heterocycles. The second-order valence-electron chi connectivity index (χ2n) is 5.86. The van der Waals surface area contributed by atoms with Crippen LogP contribution in [0.4, 0.5) is 10.6 Å². The molecule has 0 aliphatic carbocycles. The summed E-state index contributed by atoms with van der Waals surface area (Å²) >= 11 is 17.4. The molecule has 0 aliphatic heterocycles. The summed E-state index contributed by atoms with van der Waals surface area (Å²) < 4.78 is 3.40. The third kappa shape index (κ3) is 5.86. The van der Waals surface area contributed by atoms with Crippen LogP contribution in [0.25, 0.3) is 0 Å². The Labute approximate surface area is 155 Å². The van der Waals surface area contributed by atoms with E-state index in [4.69, 9.17) is 44.8 Å². The second-order valence-corrected chi connectivity index (χ2v) is 8.15. The normalized spacial score (nSPS) is 11.8. The van der Waals surface area contributed by atoms with Crippen LogP contribution in [0.5, 0.6) is 0 Å². The standard InChI is InChI=1S/C14H18Cl3N5O2/c1-9(2)8-22(11-5-6-19-10(7-18)20-11)21-12(23)24-13(3,4)14(15,16)17/h5-6,9H,8H2,1-4H3,(H,21,23). The summed E-state index contributed by atoms with van der Waals surface area (Å²) in [6, 6.07) is 3.40. The van der Waals surface area contributed by atoms with Gasteiger partial charge in [-0.3, -0.25) is 5.01 Å². The Morgan fingerprint density at radius 2 is 2.08 bits per heavy atom. The predicted molar refractivity (Wildman–Crippen MR) is 92.9 cm³/mol. The van der Waals surface area contributed by atoms with Crippen molar-refractivity contribution in [2.45, 2.75) is 37.1 Å². The summed E-state index contributed by atoms with van der Waals surface area (Å²) in [5.41, 5.74) is 1.19. The van der Waals surface area contributed by atoms with Crippen molar-refractivity contribution in [3.05, 3.63) is 18.1 Å². The van der Waals surface area contributed by atoms with Crippen molar-refractivity contribution in [3.8, 4) is 6.07 Å². The summed E-state index contributed by atoms with van der Waals surface area (Å²) in [6.07, 6.45) is 0.607. The fourth-order valence-corrected chi connectivity index (χ4v) is 1.65. The molecule has 0 spiro atoms. The number of ether oxygens (including phenoxy) is 1. The minimum Gasteiger partial charge on any atom is -0.438 e. The first kappa shape index (κ1) is 20.6. The lowest BCUT2D eigenvalue weighted by Gasteiger charge is -2.33. The van der Waals surface area contributed by atoms with Gasteiger partial charge in [0.15, 0.2) is 11.4 Å². The smallest absolute Gasteiger partial charge is 0.426 e. The van der Waals surface area contributed by atoms with Crippen LogP contribution in [-0.4, -0.2) is 32.0 Å². The van der Waals surface area contributed by atoms with Gasteiger partial charge in [0.05, 0.1) is 0 Å². The van der Waals surface area contributed by atoms with Gasteiger partial charge in [-0.05, 0) is 19.8 Å². The Bertz CT molecular complexity index is 626. The molecule has 10 heteroatoms. The largest absolute Gasteiger partial charge is 0.438 e. The molecule has 1 aromatic heterocycles. The maximum absolute atomic E-state index is 12.2. The zero-order valence-corrected chi connectivity index (χ0v) is 15.9. The average molecular weight is 395 g/mol. The fourth-order valence-electron chi connectivity index (χ4n) is 1.54. The first-order valence-corrected chi connectivity index (χ1v) is 8.16. The number of alkyl halides is 3. The molecule has 1 N–H and O–H groups in total. The highest BCUT2D eigenvalue weighted by atomic mass is 35.6. The van der Waals surface area contributed by atoms with Gasteiger partial charge in [0.2, 0.25) is 9.62 Å². The van der Waals surface area contributed by atoms with Crippen molar-refractivity contribution < 1.29 is 9.53 Å². The Morgan fingerprint density at radius 3 is 2.58 bits per heavy atom. The molecular weight excluding hydrogens is 377 g/mol. The van der Waals surface area contributed by atoms with Crippen LogP contribution in [0.3, 0.4) is 0 Å². The number of rotatable bonds is 5. The van der Waals surface area contributed by atoms with Crippen molar-refractivity contribution in [1.82, 2.24) is 15.4 Å². The number of nitrogens with zero attached hydrogens (tertiary/aromatic N) is 4.